The van der Waals surface area contributed by atoms with Crippen LogP contribution in [0.15, 0.2) is 29.3 Å². The molecule has 0 heterocycles. The molecule has 3 N–H and O–H groups in total. The average molecular weight is 404 g/mol. The summed E-state index contributed by atoms with van der Waals surface area (Å²) in [4.78, 5) is 6.69. The van der Waals surface area contributed by atoms with Crippen LogP contribution in [0.5, 0.6) is 0 Å². The van der Waals surface area contributed by atoms with Crippen LogP contribution in [0.3, 0.4) is 0 Å². The normalized spacial score (nSPS) is 11.8. The van der Waals surface area contributed by atoms with E-state index in [1.807, 2.05) is 0 Å². The van der Waals surface area contributed by atoms with Gasteiger partial charge in [0.25, 0.3) is 0 Å². The van der Waals surface area contributed by atoms with Gasteiger partial charge >= 0.3 is 0 Å². The van der Waals surface area contributed by atoms with Gasteiger partial charge in [0.2, 0.25) is 0 Å². The van der Waals surface area contributed by atoms with Crippen molar-refractivity contribution in [1.82, 2.24) is 5.32 Å². The summed E-state index contributed by atoms with van der Waals surface area (Å²) in [6, 6.07) is 8.54. The number of guanidine groups is 1. The lowest BCUT2D eigenvalue weighted by molar-refractivity contribution is 0.508. The molecule has 1 aromatic rings. The maximum Gasteiger partial charge on any atom is 0.189 e. The van der Waals surface area contributed by atoms with Crippen molar-refractivity contribution in [2.45, 2.75) is 40.2 Å². The van der Waals surface area contributed by atoms with Crippen molar-refractivity contribution in [2.75, 3.05) is 24.5 Å². The average Bonchev–Trinajstić information content (AvgIpc) is 2.32. The van der Waals surface area contributed by atoms with Crippen molar-refractivity contribution in [3.63, 3.8) is 0 Å². The lowest BCUT2D eigenvalue weighted by atomic mass is 10.1. The highest BCUT2D eigenvalue weighted by molar-refractivity contribution is 14.0. The third-order valence-corrected chi connectivity index (χ3v) is 2.90. The number of aliphatic imine (C=N–C) groups is 1. The van der Waals surface area contributed by atoms with E-state index in [2.05, 4.69) is 74.1 Å². The Kier molecular flexibility index (Phi) is 8.70. The van der Waals surface area contributed by atoms with E-state index in [0.29, 0.717) is 12.5 Å². The van der Waals surface area contributed by atoms with E-state index in [9.17, 15) is 0 Å². The van der Waals surface area contributed by atoms with E-state index < -0.39 is 0 Å². The highest BCUT2D eigenvalue weighted by atomic mass is 127. The number of nitrogens with zero attached hydrogens (tertiary/aromatic N) is 2. The maximum atomic E-state index is 5.87. The highest BCUT2D eigenvalue weighted by Gasteiger charge is 2.09. The minimum atomic E-state index is -0.0471. The first-order valence-corrected chi connectivity index (χ1v) is 7.21. The molecule has 0 spiro atoms. The zero-order valence-electron chi connectivity index (χ0n) is 13.8. The summed E-state index contributed by atoms with van der Waals surface area (Å²) < 4.78 is 0. The topological polar surface area (TPSA) is 53.6 Å². The van der Waals surface area contributed by atoms with Crippen LogP contribution in [0.2, 0.25) is 0 Å². The van der Waals surface area contributed by atoms with Gasteiger partial charge in [0, 0.05) is 24.3 Å². The molecule has 4 nitrogen and oxygen atoms in total. The van der Waals surface area contributed by atoms with E-state index in [1.165, 1.54) is 11.3 Å². The van der Waals surface area contributed by atoms with Crippen molar-refractivity contribution in [3.05, 3.63) is 29.8 Å². The van der Waals surface area contributed by atoms with Crippen molar-refractivity contribution in [2.24, 2.45) is 10.7 Å². The largest absolute Gasteiger partial charge is 0.370 e. The number of aryl methyl sites for hydroxylation is 1. The Morgan fingerprint density at radius 1 is 1.33 bits per heavy atom. The van der Waals surface area contributed by atoms with Crippen LogP contribution < -0.4 is 16.0 Å². The molecule has 1 rings (SSSR count). The zero-order chi connectivity index (χ0) is 15.2. The summed E-state index contributed by atoms with van der Waals surface area (Å²) in [5, 5.41) is 3.17. The summed E-state index contributed by atoms with van der Waals surface area (Å²) in [6.45, 7) is 13.0. The quantitative estimate of drug-likeness (QED) is 0.451. The molecule has 0 aromatic heterocycles. The van der Waals surface area contributed by atoms with Crippen LogP contribution >= 0.6 is 24.0 Å². The Bertz CT molecular complexity index is 452. The number of nitrogens with one attached hydrogen (secondary N) is 1. The molecule has 0 saturated carbocycles. The van der Waals surface area contributed by atoms with Gasteiger partial charge in [-0.15, -0.1) is 24.0 Å². The number of rotatable bonds is 5. The molecule has 1 aromatic carbocycles. The molecule has 0 amide bonds. The molecule has 0 aliphatic heterocycles. The number of benzene rings is 1. The van der Waals surface area contributed by atoms with E-state index in [4.69, 9.17) is 5.73 Å². The molecule has 0 bridgehead atoms. The van der Waals surface area contributed by atoms with Crippen molar-refractivity contribution in [3.8, 4) is 0 Å². The van der Waals surface area contributed by atoms with Gasteiger partial charge in [-0.05, 0) is 52.3 Å². The molecule has 0 unspecified atom stereocenters. The van der Waals surface area contributed by atoms with E-state index in [0.717, 1.165) is 13.1 Å². The van der Waals surface area contributed by atoms with Gasteiger partial charge < -0.3 is 16.0 Å². The summed E-state index contributed by atoms with van der Waals surface area (Å²) in [6.07, 6.45) is 0. The van der Waals surface area contributed by atoms with Gasteiger partial charge in [0.1, 0.15) is 0 Å². The van der Waals surface area contributed by atoms with Crippen LogP contribution in [0.25, 0.3) is 0 Å². The van der Waals surface area contributed by atoms with Gasteiger partial charge in [-0.25, -0.2) is 0 Å². The van der Waals surface area contributed by atoms with Crippen molar-refractivity contribution in [1.29, 1.82) is 0 Å². The standard InChI is InChI=1S/C16H28N4.HI/c1-6-20(14-9-7-8-13(2)12-14)11-10-18-15(17)19-16(3,4)5;/h7-9,12H,6,10-11H2,1-5H3,(H3,17,18,19);1H. The number of likely N-dealkylation sites (N-methyl/N-ethyl adjacent to an activating group) is 1. The van der Waals surface area contributed by atoms with E-state index in [-0.39, 0.29) is 29.5 Å². The number of hydrogen-bond acceptors (Lipinski definition) is 2. The maximum absolute atomic E-state index is 5.87. The van der Waals surface area contributed by atoms with Crippen molar-refractivity contribution >= 4 is 35.6 Å². The first-order chi connectivity index (χ1) is 9.31. The van der Waals surface area contributed by atoms with Gasteiger partial charge in [0.05, 0.1) is 6.54 Å². The van der Waals surface area contributed by atoms with Gasteiger partial charge in [0.15, 0.2) is 5.96 Å². The van der Waals surface area contributed by atoms with Gasteiger partial charge in [-0.3, -0.25) is 4.99 Å². The number of halogens is 1. The van der Waals surface area contributed by atoms with Gasteiger partial charge in [-0.2, -0.15) is 0 Å². The molecule has 120 valence electrons. The van der Waals surface area contributed by atoms with Crippen LogP contribution in [0, 0.1) is 6.92 Å². The SMILES string of the molecule is CCN(CCN=C(N)NC(C)(C)C)c1cccc(C)c1.I. The fourth-order valence-electron chi connectivity index (χ4n) is 2.01. The third-order valence-electron chi connectivity index (χ3n) is 2.90. The molecule has 21 heavy (non-hydrogen) atoms. The predicted octanol–water partition coefficient (Wildman–Crippen LogP) is 3.14. The molecule has 5 heteroatoms. The van der Waals surface area contributed by atoms with Gasteiger partial charge in [-0.1, -0.05) is 12.1 Å². The lowest BCUT2D eigenvalue weighted by Crippen LogP contribution is -2.45. The van der Waals surface area contributed by atoms with E-state index in [1.54, 1.807) is 0 Å². The highest BCUT2D eigenvalue weighted by Crippen LogP contribution is 2.15. The second kappa shape index (κ2) is 9.12. The predicted molar refractivity (Wildman–Crippen MR) is 104 cm³/mol. The molecule has 0 radical (unpaired) electrons. The van der Waals surface area contributed by atoms with Crippen LogP contribution in [-0.4, -0.2) is 31.1 Å². The second-order valence-corrected chi connectivity index (χ2v) is 6.06. The Balaban J connectivity index is 0.00000400. The molecular formula is C16H29IN4. The molecular weight excluding hydrogens is 375 g/mol. The minimum Gasteiger partial charge on any atom is -0.370 e. The van der Waals surface area contributed by atoms with Crippen LogP contribution in [0.4, 0.5) is 5.69 Å². The smallest absolute Gasteiger partial charge is 0.189 e. The first kappa shape index (κ1) is 20.0. The Morgan fingerprint density at radius 2 is 2.00 bits per heavy atom. The van der Waals surface area contributed by atoms with Crippen LogP contribution in [0.1, 0.15) is 33.3 Å². The second-order valence-electron chi connectivity index (χ2n) is 6.06. The fraction of sp³-hybridized carbons (Fsp3) is 0.562. The number of nitrogens with two attached hydrogens (primary N) is 1. The Hall–Kier alpha value is -0.980. The zero-order valence-corrected chi connectivity index (χ0v) is 16.1. The lowest BCUT2D eigenvalue weighted by Gasteiger charge is -2.24. The first-order valence-electron chi connectivity index (χ1n) is 7.21. The third kappa shape index (κ3) is 8.14. The van der Waals surface area contributed by atoms with Crippen LogP contribution in [-0.2, 0) is 0 Å². The molecule has 0 aliphatic rings. The summed E-state index contributed by atoms with van der Waals surface area (Å²) in [5.74, 6) is 0.512. The molecule has 0 atom stereocenters. The minimum absolute atomic E-state index is 0. The summed E-state index contributed by atoms with van der Waals surface area (Å²) in [7, 11) is 0. The number of anilines is 1. The fourth-order valence-corrected chi connectivity index (χ4v) is 2.01. The Morgan fingerprint density at radius 3 is 2.52 bits per heavy atom. The van der Waals surface area contributed by atoms with Crippen molar-refractivity contribution < 1.29 is 0 Å². The van der Waals surface area contributed by atoms with E-state index >= 15 is 0 Å². The summed E-state index contributed by atoms with van der Waals surface area (Å²) in [5.41, 5.74) is 8.34. The molecule has 0 fully saturated rings. The molecule has 0 aliphatic carbocycles. The monoisotopic (exact) mass is 404 g/mol. The molecule has 0 saturated heterocycles. The summed E-state index contributed by atoms with van der Waals surface area (Å²) >= 11 is 0. The Labute approximate surface area is 146 Å². The number of hydrogen-bond donors (Lipinski definition) is 2.